The molecule has 0 saturated carbocycles. The summed E-state index contributed by atoms with van der Waals surface area (Å²) in [7, 11) is 3.48. The summed E-state index contributed by atoms with van der Waals surface area (Å²) in [6.45, 7) is 5.61. The molecule has 2 atom stereocenters. The van der Waals surface area contributed by atoms with Crippen molar-refractivity contribution in [3.63, 3.8) is 0 Å². The topological polar surface area (TPSA) is 80.8 Å². The third-order valence-electron chi connectivity index (χ3n) is 5.35. The molecule has 2 N–H and O–H groups in total. The van der Waals surface area contributed by atoms with E-state index in [0.717, 1.165) is 0 Å². The fraction of sp³-hybridized carbons (Fsp3) is 0.409. The number of nitrogens with zero attached hydrogens (tertiary/aromatic N) is 4. The van der Waals surface area contributed by atoms with E-state index in [2.05, 4.69) is 20.5 Å². The van der Waals surface area contributed by atoms with Crippen LogP contribution in [-0.4, -0.2) is 71.0 Å². The fourth-order valence-corrected chi connectivity index (χ4v) is 3.82. The highest BCUT2D eigenvalue weighted by Crippen LogP contribution is 2.24. The van der Waals surface area contributed by atoms with E-state index in [9.17, 15) is 9.59 Å². The van der Waals surface area contributed by atoms with E-state index in [1.54, 1.807) is 49.5 Å². The number of benzene rings is 1. The Morgan fingerprint density at radius 3 is 2.45 bits per heavy atom. The molecule has 2 aromatic rings. The lowest BCUT2D eigenvalue weighted by Crippen LogP contribution is -2.59. The smallest absolute Gasteiger partial charge is 0.323 e. The minimum absolute atomic E-state index is 0.0182. The van der Waals surface area contributed by atoms with Gasteiger partial charge in [-0.2, -0.15) is 0 Å². The van der Waals surface area contributed by atoms with E-state index in [0.29, 0.717) is 30.9 Å². The predicted octanol–water partition coefficient (Wildman–Crippen LogP) is 3.44. The molecule has 3 rings (SSSR count). The van der Waals surface area contributed by atoms with Gasteiger partial charge in [-0.3, -0.25) is 9.88 Å². The van der Waals surface area contributed by atoms with Crippen molar-refractivity contribution in [3.8, 4) is 0 Å². The van der Waals surface area contributed by atoms with Gasteiger partial charge in [0.1, 0.15) is 0 Å². The SMILES string of the molecule is C[C@@H]1CN(C(=O)N(C)C)C[C@H](C)N1Cc1cccc(NC(=O)Nc2cccnc2)c1F. The van der Waals surface area contributed by atoms with Crippen LogP contribution in [0.1, 0.15) is 19.4 Å². The van der Waals surface area contributed by atoms with Crippen molar-refractivity contribution in [3.05, 3.63) is 54.1 Å². The van der Waals surface area contributed by atoms with Crippen LogP contribution in [0.5, 0.6) is 0 Å². The van der Waals surface area contributed by atoms with E-state index in [4.69, 9.17) is 0 Å². The third kappa shape index (κ3) is 5.49. The van der Waals surface area contributed by atoms with E-state index in [1.807, 2.05) is 18.7 Å². The number of nitrogens with one attached hydrogen (secondary N) is 2. The Bertz CT molecular complexity index is 911. The molecule has 31 heavy (non-hydrogen) atoms. The molecule has 1 fully saturated rings. The molecule has 1 aromatic carbocycles. The first-order valence-electron chi connectivity index (χ1n) is 10.2. The van der Waals surface area contributed by atoms with Crippen molar-refractivity contribution in [2.24, 2.45) is 0 Å². The number of carbonyl (C=O) groups excluding carboxylic acids is 2. The second kappa shape index (κ2) is 9.74. The Hall–Kier alpha value is -3.20. The number of anilines is 2. The van der Waals surface area contributed by atoms with E-state index in [1.165, 1.54) is 12.3 Å². The molecule has 4 amide bonds. The molecule has 0 radical (unpaired) electrons. The zero-order chi connectivity index (χ0) is 22.5. The summed E-state index contributed by atoms with van der Waals surface area (Å²) in [6, 6.07) is 7.94. The van der Waals surface area contributed by atoms with Crippen LogP contribution in [0.3, 0.4) is 0 Å². The molecule has 0 bridgehead atoms. The van der Waals surface area contributed by atoms with E-state index >= 15 is 4.39 Å². The summed E-state index contributed by atoms with van der Waals surface area (Å²) in [5.41, 5.74) is 1.12. The van der Waals surface area contributed by atoms with Crippen LogP contribution >= 0.6 is 0 Å². The minimum atomic E-state index is -0.540. The first-order valence-corrected chi connectivity index (χ1v) is 10.2. The van der Waals surface area contributed by atoms with Gasteiger partial charge < -0.3 is 20.4 Å². The van der Waals surface area contributed by atoms with Crippen molar-refractivity contribution >= 4 is 23.4 Å². The van der Waals surface area contributed by atoms with Crippen LogP contribution < -0.4 is 10.6 Å². The van der Waals surface area contributed by atoms with Crippen LogP contribution in [0.25, 0.3) is 0 Å². The molecule has 9 heteroatoms. The zero-order valence-corrected chi connectivity index (χ0v) is 18.3. The average molecular weight is 429 g/mol. The first kappa shape index (κ1) is 22.5. The molecule has 0 spiro atoms. The summed E-state index contributed by atoms with van der Waals surface area (Å²) in [5.74, 6) is -0.463. The number of aromatic nitrogens is 1. The maximum atomic E-state index is 15.1. The number of urea groups is 2. The molecule has 1 aliphatic heterocycles. The number of piperazine rings is 1. The van der Waals surface area contributed by atoms with Crippen molar-refractivity contribution in [2.75, 3.05) is 37.8 Å². The molecular weight excluding hydrogens is 399 g/mol. The highest BCUT2D eigenvalue weighted by Gasteiger charge is 2.32. The van der Waals surface area contributed by atoms with Crippen LogP contribution in [0, 0.1) is 5.82 Å². The Labute approximate surface area is 182 Å². The Morgan fingerprint density at radius 1 is 1.13 bits per heavy atom. The Kier molecular flexibility index (Phi) is 7.06. The largest absolute Gasteiger partial charge is 0.331 e. The number of hydrogen-bond donors (Lipinski definition) is 2. The van der Waals surface area contributed by atoms with Crippen molar-refractivity contribution in [2.45, 2.75) is 32.5 Å². The lowest BCUT2D eigenvalue weighted by molar-refractivity contribution is 0.0422. The highest BCUT2D eigenvalue weighted by molar-refractivity contribution is 5.99. The minimum Gasteiger partial charge on any atom is -0.331 e. The normalized spacial score (nSPS) is 19.1. The van der Waals surface area contributed by atoms with Gasteiger partial charge in [0.25, 0.3) is 0 Å². The Balaban J connectivity index is 1.67. The van der Waals surface area contributed by atoms with Gasteiger partial charge in [-0.15, -0.1) is 0 Å². The molecule has 1 aromatic heterocycles. The van der Waals surface area contributed by atoms with Gasteiger partial charge in [-0.25, -0.2) is 14.0 Å². The number of amides is 4. The molecule has 0 unspecified atom stereocenters. The molecule has 8 nitrogen and oxygen atoms in total. The molecule has 166 valence electrons. The predicted molar refractivity (Wildman–Crippen MR) is 118 cm³/mol. The first-order chi connectivity index (χ1) is 14.8. The third-order valence-corrected chi connectivity index (χ3v) is 5.35. The van der Waals surface area contributed by atoms with Gasteiger partial charge in [0.05, 0.1) is 17.6 Å². The quantitative estimate of drug-likeness (QED) is 0.782. The van der Waals surface area contributed by atoms with Gasteiger partial charge in [0.15, 0.2) is 5.82 Å². The molecular formula is C22H29FN6O2. The number of pyridine rings is 1. The van der Waals surface area contributed by atoms with Gasteiger partial charge in [-0.1, -0.05) is 12.1 Å². The number of halogens is 1. The summed E-state index contributed by atoms with van der Waals surface area (Å²) in [6.07, 6.45) is 3.11. The zero-order valence-electron chi connectivity index (χ0n) is 18.3. The molecule has 0 aliphatic carbocycles. The lowest BCUT2D eigenvalue weighted by atomic mass is 10.1. The summed E-state index contributed by atoms with van der Waals surface area (Å²) in [5, 5.41) is 5.19. The summed E-state index contributed by atoms with van der Waals surface area (Å²) < 4.78 is 15.1. The van der Waals surface area contributed by atoms with Gasteiger partial charge in [0, 0.05) is 57.6 Å². The molecule has 1 aliphatic rings. The Morgan fingerprint density at radius 2 is 1.84 bits per heavy atom. The second-order valence-electron chi connectivity index (χ2n) is 8.05. The van der Waals surface area contributed by atoms with E-state index in [-0.39, 0.29) is 23.8 Å². The van der Waals surface area contributed by atoms with Crippen LogP contribution in [-0.2, 0) is 6.54 Å². The number of rotatable bonds is 4. The van der Waals surface area contributed by atoms with Gasteiger partial charge in [0.2, 0.25) is 0 Å². The summed E-state index contributed by atoms with van der Waals surface area (Å²) >= 11 is 0. The lowest BCUT2D eigenvalue weighted by Gasteiger charge is -2.45. The van der Waals surface area contributed by atoms with Gasteiger partial charge >= 0.3 is 12.1 Å². The standard InChI is InChI=1S/C22H29FN6O2/c1-15-12-28(22(31)27(3)4)13-16(2)29(15)14-17-7-5-9-19(20(17)23)26-21(30)25-18-8-6-10-24-11-18/h5-11,15-16H,12-14H2,1-4H3,(H2,25,26,30)/t15-,16+. The van der Waals surface area contributed by atoms with Crippen molar-refractivity contribution in [1.82, 2.24) is 19.7 Å². The molecule has 1 saturated heterocycles. The van der Waals surface area contributed by atoms with Crippen LogP contribution in [0.15, 0.2) is 42.7 Å². The summed E-state index contributed by atoms with van der Waals surface area (Å²) in [4.78, 5) is 34.0. The molecule has 2 heterocycles. The number of carbonyl (C=O) groups is 2. The monoisotopic (exact) mass is 428 g/mol. The van der Waals surface area contributed by atoms with Gasteiger partial charge in [-0.05, 0) is 32.0 Å². The van der Waals surface area contributed by atoms with Crippen LogP contribution in [0.2, 0.25) is 0 Å². The van der Waals surface area contributed by atoms with Crippen molar-refractivity contribution in [1.29, 1.82) is 0 Å². The highest BCUT2D eigenvalue weighted by atomic mass is 19.1. The van der Waals surface area contributed by atoms with Crippen molar-refractivity contribution < 1.29 is 14.0 Å². The second-order valence-corrected chi connectivity index (χ2v) is 8.05. The number of hydrogen-bond acceptors (Lipinski definition) is 4. The van der Waals surface area contributed by atoms with E-state index < -0.39 is 11.8 Å². The average Bonchev–Trinajstić information content (AvgIpc) is 2.73. The van der Waals surface area contributed by atoms with Crippen LogP contribution in [0.4, 0.5) is 25.4 Å². The maximum absolute atomic E-state index is 15.1. The fourth-order valence-electron chi connectivity index (χ4n) is 3.82. The maximum Gasteiger partial charge on any atom is 0.323 e.